The minimum Gasteiger partial charge on any atom is -0.346 e. The van der Waals surface area contributed by atoms with Crippen molar-refractivity contribution in [3.8, 4) is 0 Å². The number of fused-ring (bicyclic) bond motifs is 1. The van der Waals surface area contributed by atoms with Gasteiger partial charge in [-0.05, 0) is 169 Å². The summed E-state index contributed by atoms with van der Waals surface area (Å²) in [5.41, 5.74) is 3.23. The molecule has 0 aliphatic heterocycles. The normalized spacial score (nSPS) is 17.1. The van der Waals surface area contributed by atoms with Gasteiger partial charge in [-0.1, -0.05) is 185 Å². The Kier molecular flexibility index (Phi) is 25.8. The number of Topliss-reactive ketones (excluding diaryl/α,β-unsaturated/α-hetero) is 2. The summed E-state index contributed by atoms with van der Waals surface area (Å²) in [4.78, 5) is 146. The third-order valence-electron chi connectivity index (χ3n) is 13.7. The van der Waals surface area contributed by atoms with Crippen LogP contribution in [0.3, 0.4) is 0 Å². The Hall–Kier alpha value is -8.58. The highest BCUT2D eigenvalue weighted by molar-refractivity contribution is 6.48. The molecule has 3 atom stereocenters. The van der Waals surface area contributed by atoms with Gasteiger partial charge in [-0.3, -0.25) is 57.5 Å². The van der Waals surface area contributed by atoms with Gasteiger partial charge in [-0.2, -0.15) is 0 Å². The van der Waals surface area contributed by atoms with E-state index in [4.69, 9.17) is 0 Å². The third kappa shape index (κ3) is 25.0. The van der Waals surface area contributed by atoms with E-state index >= 15 is 0 Å². The monoisotopic (exact) mass is 1200 g/mol. The molecule has 88 heavy (non-hydrogen) atoms. The number of hydrogen-bond donors (Lipinski definition) is 1. The number of allylic oxidation sites excluding steroid dienone is 20. The fourth-order valence-corrected chi connectivity index (χ4v) is 8.98. The number of rotatable bonds is 13. The lowest BCUT2D eigenvalue weighted by atomic mass is 9.76. The summed E-state index contributed by atoms with van der Waals surface area (Å²) in [6.45, 7) is 43.5. The Morgan fingerprint density at radius 1 is 0.432 bits per heavy atom. The van der Waals surface area contributed by atoms with Crippen LogP contribution in [0.1, 0.15) is 143 Å². The van der Waals surface area contributed by atoms with E-state index in [0.29, 0.717) is 34.1 Å². The lowest BCUT2D eigenvalue weighted by Crippen LogP contribution is -2.46. The molecule has 5 aliphatic carbocycles. The van der Waals surface area contributed by atoms with Gasteiger partial charge in [0.15, 0.2) is 11.6 Å². The summed E-state index contributed by atoms with van der Waals surface area (Å²) in [6.07, 6.45) is 21.0. The van der Waals surface area contributed by atoms with Crippen LogP contribution in [0.2, 0.25) is 0 Å². The van der Waals surface area contributed by atoms with E-state index in [0.717, 1.165) is 52.0 Å². The average molecular weight is 1200 g/mol. The van der Waals surface area contributed by atoms with E-state index in [9.17, 15) is 57.5 Å². The lowest BCUT2D eigenvalue weighted by Gasteiger charge is -2.29. The quantitative estimate of drug-likeness (QED) is 0.113. The molecule has 5 aliphatic rings. The van der Waals surface area contributed by atoms with E-state index < -0.39 is 81.2 Å². The van der Waals surface area contributed by atoms with Crippen LogP contribution in [0, 0.1) is 38.9 Å². The zero-order chi connectivity index (χ0) is 67.0. The molecule has 3 unspecified atom stereocenters. The van der Waals surface area contributed by atoms with Crippen LogP contribution >= 0.6 is 0 Å². The standard InChI is InChI=1S/C37H41NO9.C12H10.C11H14O.C10H12O2.C5H12/c1-36(2,3)20-25(14-22-8-11-28(40)32(44)17-22)35(47)38-26(15-23-9-12-29(41)33(45)18-23)30(42)19-24(34(46)37(4,5)6)13-21-7-10-27(39)31(43)16-21;1-9-7-11-5-3-4-6-12(11)8-10(9)2;1-8-7-9(11(2,3)4)5-6-10(8)12;1-10(2,3)7-4-5-8(11)9(12)6-7;1-5(2,3)4/h7-12,16-18,24-26H,13-15,19-20H2,1-6H3,(H,38,47);3-8H,1-2H2;5-7H,1H2,2-4H3;4-6H,1-3H3;1-4H3. The zero-order valence-corrected chi connectivity index (χ0v) is 54.4. The Bertz CT molecular complexity index is 3490. The molecule has 13 heteroatoms. The van der Waals surface area contributed by atoms with Crippen LogP contribution in [-0.4, -0.2) is 75.6 Å². The van der Waals surface area contributed by atoms with Crippen LogP contribution in [0.4, 0.5) is 0 Å². The highest BCUT2D eigenvalue weighted by Gasteiger charge is 2.36. The highest BCUT2D eigenvalue weighted by Crippen LogP contribution is 2.33. The molecule has 1 N–H and O–H groups in total. The molecule has 0 bridgehead atoms. The highest BCUT2D eigenvalue weighted by atomic mass is 16.2. The molecule has 0 saturated carbocycles. The minimum atomic E-state index is -1.20. The maximum atomic E-state index is 14.0. The molecule has 1 amide bonds. The summed E-state index contributed by atoms with van der Waals surface area (Å²) in [6, 6.07) is 11.2. The fraction of sp³-hybridized carbons (Fsp3) is 0.387. The van der Waals surface area contributed by atoms with E-state index in [2.05, 4.69) is 97.8 Å². The number of nitrogens with one attached hydrogen (secondary N) is 1. The average Bonchev–Trinajstić information content (AvgIpc) is 1.39. The minimum absolute atomic E-state index is 0.00744. The van der Waals surface area contributed by atoms with E-state index in [1.165, 1.54) is 47.2 Å². The Morgan fingerprint density at radius 2 is 0.784 bits per heavy atom. The first-order valence-electron chi connectivity index (χ1n) is 29.4. The number of carbonyl (C=O) groups excluding carboxylic acids is 12. The number of benzene rings is 2. The summed E-state index contributed by atoms with van der Waals surface area (Å²) in [7, 11) is 0. The molecule has 0 spiro atoms. The summed E-state index contributed by atoms with van der Waals surface area (Å²) in [5, 5.41) is 7.30. The number of ketones is 11. The molecule has 0 saturated heterocycles. The van der Waals surface area contributed by atoms with Gasteiger partial charge in [0.1, 0.15) is 5.78 Å². The Balaban J connectivity index is 0.000000389. The number of amides is 1. The smallest absolute Gasteiger partial charge is 0.225 e. The van der Waals surface area contributed by atoms with Crippen molar-refractivity contribution in [3.63, 3.8) is 0 Å². The second-order valence-corrected chi connectivity index (χ2v) is 28.4. The molecule has 0 fully saturated rings. The van der Waals surface area contributed by atoms with Crippen molar-refractivity contribution >= 4 is 93.5 Å². The van der Waals surface area contributed by atoms with Crippen molar-refractivity contribution < 1.29 is 57.5 Å². The second kappa shape index (κ2) is 30.9. The molecular weight excluding hydrogens is 1110 g/mol. The first-order valence-corrected chi connectivity index (χ1v) is 29.4. The first-order chi connectivity index (χ1) is 40.3. The molecule has 7 rings (SSSR count). The van der Waals surface area contributed by atoms with Gasteiger partial charge in [0.25, 0.3) is 0 Å². The summed E-state index contributed by atoms with van der Waals surface area (Å²) >= 11 is 0. The fourth-order valence-electron chi connectivity index (χ4n) is 8.98. The van der Waals surface area contributed by atoms with Crippen molar-refractivity contribution in [1.29, 1.82) is 0 Å². The van der Waals surface area contributed by atoms with Gasteiger partial charge in [-0.15, -0.1) is 0 Å². The van der Waals surface area contributed by atoms with Gasteiger partial charge in [-0.25, -0.2) is 0 Å². The number of hydrogen-bond acceptors (Lipinski definition) is 12. The van der Waals surface area contributed by atoms with Gasteiger partial charge in [0.2, 0.25) is 52.2 Å². The van der Waals surface area contributed by atoms with Gasteiger partial charge in [0, 0.05) is 29.2 Å². The molecule has 2 aromatic carbocycles. The molecule has 0 heterocycles. The van der Waals surface area contributed by atoms with E-state index in [1.54, 1.807) is 32.9 Å². The van der Waals surface area contributed by atoms with Crippen molar-refractivity contribution in [2.45, 2.75) is 149 Å². The Labute approximate surface area is 519 Å². The Morgan fingerprint density at radius 3 is 1.14 bits per heavy atom. The second-order valence-electron chi connectivity index (χ2n) is 28.4. The largest absolute Gasteiger partial charge is 0.346 e. The summed E-state index contributed by atoms with van der Waals surface area (Å²) in [5.74, 6) is -7.95. The van der Waals surface area contributed by atoms with Crippen molar-refractivity contribution in [1.82, 2.24) is 5.32 Å². The van der Waals surface area contributed by atoms with Crippen molar-refractivity contribution in [3.05, 3.63) is 178 Å². The van der Waals surface area contributed by atoms with Gasteiger partial charge < -0.3 is 5.32 Å². The molecule has 466 valence electrons. The number of carbonyl (C=O) groups is 12. The third-order valence-corrected chi connectivity index (χ3v) is 13.7. The molecule has 0 aromatic heterocycles. The maximum absolute atomic E-state index is 14.0. The van der Waals surface area contributed by atoms with Crippen molar-refractivity contribution in [2.24, 2.45) is 38.9 Å². The van der Waals surface area contributed by atoms with Gasteiger partial charge >= 0.3 is 0 Å². The topological polar surface area (TPSA) is 217 Å². The summed E-state index contributed by atoms with van der Waals surface area (Å²) < 4.78 is 0. The van der Waals surface area contributed by atoms with Crippen LogP contribution in [0.25, 0.3) is 23.9 Å². The predicted molar refractivity (Wildman–Crippen MR) is 350 cm³/mol. The van der Waals surface area contributed by atoms with Crippen LogP contribution in [0.5, 0.6) is 0 Å². The van der Waals surface area contributed by atoms with Gasteiger partial charge in [0.05, 0.1) is 6.04 Å². The lowest BCUT2D eigenvalue weighted by molar-refractivity contribution is -0.135. The SMILES string of the molecule is C=C1C=C(C(C)(C)C)C=CC1=O.C=c1cc2ccccc2cc1=C.CC(C)(C)C.CC(C)(C)C1=CC(=O)C(=O)C=C1.CC(C)(C)CC(CC1=CC(=O)C(=O)C=C1)C(=O)NC(CC1=CC(=O)C(=O)C=C1)C(=O)CC(CC1=CC(=O)C(=O)C=C1)C(=O)C(C)(C)C. The zero-order valence-electron chi connectivity index (χ0n) is 54.4. The molecule has 0 radical (unpaired) electrons. The van der Waals surface area contributed by atoms with Crippen molar-refractivity contribution in [2.75, 3.05) is 0 Å². The van der Waals surface area contributed by atoms with E-state index in [-0.39, 0.29) is 53.5 Å². The molecule has 2 aromatic rings. The first kappa shape index (κ1) is 73.7. The van der Waals surface area contributed by atoms with Crippen LogP contribution in [0.15, 0.2) is 168 Å². The van der Waals surface area contributed by atoms with E-state index in [1.807, 2.05) is 65.8 Å². The predicted octanol–water partition coefficient (Wildman–Crippen LogP) is 11.8. The van der Waals surface area contributed by atoms with Crippen LogP contribution in [-0.2, 0) is 57.5 Å². The maximum Gasteiger partial charge on any atom is 0.225 e. The molecule has 13 nitrogen and oxygen atoms in total. The molecular formula is C75H89NO12. The van der Waals surface area contributed by atoms with Crippen LogP contribution < -0.4 is 15.8 Å².